The van der Waals surface area contributed by atoms with Gasteiger partial charge in [0.2, 0.25) is 11.9 Å². The molecule has 0 saturated carbocycles. The van der Waals surface area contributed by atoms with Crippen LogP contribution >= 0.6 is 0 Å². The first-order valence-electron chi connectivity index (χ1n) is 11.8. The van der Waals surface area contributed by atoms with Crippen molar-refractivity contribution in [3.05, 3.63) is 103 Å². The summed E-state index contributed by atoms with van der Waals surface area (Å²) in [5, 5.41) is 2.82. The van der Waals surface area contributed by atoms with E-state index in [4.69, 9.17) is 9.47 Å². The van der Waals surface area contributed by atoms with Gasteiger partial charge < -0.3 is 14.4 Å². The molecule has 0 spiro atoms. The molecule has 2 amide bonds. The highest BCUT2D eigenvalue weighted by Crippen LogP contribution is 2.31. The van der Waals surface area contributed by atoms with Gasteiger partial charge in [-0.3, -0.25) is 19.5 Å². The molecule has 0 saturated heterocycles. The van der Waals surface area contributed by atoms with E-state index in [0.717, 1.165) is 5.56 Å². The molecule has 0 radical (unpaired) electrons. The summed E-state index contributed by atoms with van der Waals surface area (Å²) >= 11 is 0. The van der Waals surface area contributed by atoms with Crippen LogP contribution in [0.3, 0.4) is 0 Å². The Labute approximate surface area is 219 Å². The highest BCUT2D eigenvalue weighted by Gasteiger charge is 2.21. The SMILES string of the molecule is C=CCN(CC(=O)Nc1nc(-c2ccccc2)cn1-c1ccc(OC)c(OC)c1)C(=O)c1ccc(F)cc1. The van der Waals surface area contributed by atoms with E-state index in [1.165, 1.54) is 35.2 Å². The molecule has 1 N–H and O–H groups in total. The number of anilines is 1. The van der Waals surface area contributed by atoms with Crippen molar-refractivity contribution in [2.24, 2.45) is 0 Å². The van der Waals surface area contributed by atoms with Gasteiger partial charge in [0.1, 0.15) is 12.4 Å². The van der Waals surface area contributed by atoms with Gasteiger partial charge in [-0.15, -0.1) is 6.58 Å². The van der Waals surface area contributed by atoms with Crippen LogP contribution in [0.25, 0.3) is 16.9 Å². The van der Waals surface area contributed by atoms with E-state index in [9.17, 15) is 14.0 Å². The Morgan fingerprint density at radius 1 is 1.03 bits per heavy atom. The molecule has 38 heavy (non-hydrogen) atoms. The zero-order chi connectivity index (χ0) is 27.1. The van der Waals surface area contributed by atoms with Crippen molar-refractivity contribution in [1.82, 2.24) is 14.5 Å². The van der Waals surface area contributed by atoms with Crippen LogP contribution in [0.2, 0.25) is 0 Å². The maximum Gasteiger partial charge on any atom is 0.254 e. The average Bonchev–Trinajstić information content (AvgIpc) is 3.36. The Morgan fingerprint density at radius 2 is 1.74 bits per heavy atom. The maximum absolute atomic E-state index is 13.3. The van der Waals surface area contributed by atoms with Gasteiger partial charge in [0.15, 0.2) is 11.5 Å². The Hall–Kier alpha value is -4.92. The predicted molar refractivity (Wildman–Crippen MR) is 143 cm³/mol. The van der Waals surface area contributed by atoms with E-state index in [1.54, 1.807) is 37.1 Å². The van der Waals surface area contributed by atoms with E-state index in [0.29, 0.717) is 22.9 Å². The number of benzene rings is 3. The predicted octanol–water partition coefficient (Wildman–Crippen LogP) is 4.96. The summed E-state index contributed by atoms with van der Waals surface area (Å²) < 4.78 is 25.8. The Balaban J connectivity index is 1.64. The minimum Gasteiger partial charge on any atom is -0.493 e. The standard InChI is InChI=1S/C29H27FN4O4/c1-4-16-33(28(36)21-10-12-22(30)13-11-21)19-27(35)32-29-31-24(20-8-6-5-7-9-20)18-34(29)23-14-15-25(37-2)26(17-23)38-3/h4-15,17-18H,1,16,19H2,2-3H3,(H,31,32,35). The first-order valence-corrected chi connectivity index (χ1v) is 11.8. The van der Waals surface area contributed by atoms with Crippen molar-refractivity contribution in [2.45, 2.75) is 0 Å². The Bertz CT molecular complexity index is 1430. The summed E-state index contributed by atoms with van der Waals surface area (Å²) in [6.45, 7) is 3.54. The third kappa shape index (κ3) is 5.89. The summed E-state index contributed by atoms with van der Waals surface area (Å²) in [5.74, 6) is -0.00829. The molecule has 4 aromatic rings. The van der Waals surface area contributed by atoms with Crippen LogP contribution in [0.4, 0.5) is 10.3 Å². The number of ether oxygens (including phenoxy) is 2. The summed E-state index contributed by atoms with van der Waals surface area (Å²) in [5.41, 5.74) is 2.44. The summed E-state index contributed by atoms with van der Waals surface area (Å²) in [4.78, 5) is 32.1. The molecule has 0 atom stereocenters. The van der Waals surface area contributed by atoms with Gasteiger partial charge >= 0.3 is 0 Å². The number of amides is 2. The van der Waals surface area contributed by atoms with Crippen LogP contribution in [0.1, 0.15) is 10.4 Å². The number of carbonyl (C=O) groups is 2. The molecule has 1 aromatic heterocycles. The topological polar surface area (TPSA) is 85.7 Å². The monoisotopic (exact) mass is 514 g/mol. The number of hydrogen-bond acceptors (Lipinski definition) is 5. The van der Waals surface area contributed by atoms with Crippen LogP contribution < -0.4 is 14.8 Å². The second kappa shape index (κ2) is 11.9. The van der Waals surface area contributed by atoms with Crippen molar-refractivity contribution in [3.8, 4) is 28.4 Å². The van der Waals surface area contributed by atoms with E-state index in [-0.39, 0.29) is 24.6 Å². The molecule has 4 rings (SSSR count). The minimum atomic E-state index is -0.464. The zero-order valence-corrected chi connectivity index (χ0v) is 21.1. The lowest BCUT2D eigenvalue weighted by Gasteiger charge is -2.21. The highest BCUT2D eigenvalue weighted by atomic mass is 19.1. The van der Waals surface area contributed by atoms with Crippen molar-refractivity contribution < 1.29 is 23.5 Å². The van der Waals surface area contributed by atoms with Crippen LogP contribution in [-0.4, -0.2) is 53.6 Å². The van der Waals surface area contributed by atoms with Gasteiger partial charge in [-0.1, -0.05) is 36.4 Å². The molecule has 0 bridgehead atoms. The number of aromatic nitrogens is 2. The maximum atomic E-state index is 13.3. The number of rotatable bonds is 10. The summed E-state index contributed by atoms with van der Waals surface area (Å²) in [7, 11) is 3.09. The smallest absolute Gasteiger partial charge is 0.254 e. The van der Waals surface area contributed by atoms with Crippen LogP contribution in [0, 0.1) is 5.82 Å². The number of hydrogen-bond donors (Lipinski definition) is 1. The van der Waals surface area contributed by atoms with Gasteiger partial charge in [-0.05, 0) is 36.4 Å². The fraction of sp³-hybridized carbons (Fsp3) is 0.138. The van der Waals surface area contributed by atoms with Crippen molar-refractivity contribution in [2.75, 3.05) is 32.6 Å². The second-order valence-corrected chi connectivity index (χ2v) is 8.25. The van der Waals surface area contributed by atoms with E-state index in [1.807, 2.05) is 36.4 Å². The molecule has 9 heteroatoms. The number of methoxy groups -OCH3 is 2. The zero-order valence-electron chi connectivity index (χ0n) is 21.1. The van der Waals surface area contributed by atoms with Crippen LogP contribution in [0.15, 0.2) is 91.6 Å². The Kier molecular flexibility index (Phi) is 8.17. The van der Waals surface area contributed by atoms with Gasteiger partial charge in [0.05, 0.1) is 25.6 Å². The first-order chi connectivity index (χ1) is 18.4. The molecule has 0 aliphatic carbocycles. The lowest BCUT2D eigenvalue weighted by Crippen LogP contribution is -2.38. The number of carbonyl (C=O) groups excluding carboxylic acids is 2. The quantitative estimate of drug-likeness (QED) is 0.302. The summed E-state index contributed by atoms with van der Waals surface area (Å²) in [6, 6.07) is 20.0. The number of imidazole rings is 1. The largest absolute Gasteiger partial charge is 0.493 e. The molecule has 0 fully saturated rings. The highest BCUT2D eigenvalue weighted by molar-refractivity contribution is 5.99. The molecule has 1 heterocycles. The Morgan fingerprint density at radius 3 is 2.39 bits per heavy atom. The number of nitrogens with zero attached hydrogens (tertiary/aromatic N) is 3. The van der Waals surface area contributed by atoms with Gasteiger partial charge in [-0.25, -0.2) is 9.37 Å². The number of nitrogens with one attached hydrogen (secondary N) is 1. The lowest BCUT2D eigenvalue weighted by atomic mass is 10.2. The number of halogens is 1. The van der Waals surface area contributed by atoms with Gasteiger partial charge in [-0.2, -0.15) is 0 Å². The molecule has 8 nitrogen and oxygen atoms in total. The van der Waals surface area contributed by atoms with Crippen molar-refractivity contribution in [1.29, 1.82) is 0 Å². The molecule has 0 aliphatic rings. The third-order valence-corrected chi connectivity index (χ3v) is 5.73. The fourth-order valence-corrected chi connectivity index (χ4v) is 3.88. The lowest BCUT2D eigenvalue weighted by molar-refractivity contribution is -0.116. The summed E-state index contributed by atoms with van der Waals surface area (Å²) in [6.07, 6.45) is 3.32. The normalized spacial score (nSPS) is 10.5. The average molecular weight is 515 g/mol. The van der Waals surface area contributed by atoms with E-state index in [2.05, 4.69) is 16.9 Å². The van der Waals surface area contributed by atoms with Gasteiger partial charge in [0.25, 0.3) is 5.91 Å². The van der Waals surface area contributed by atoms with Crippen LogP contribution in [0.5, 0.6) is 11.5 Å². The van der Waals surface area contributed by atoms with E-state index >= 15 is 0 Å². The molecular formula is C29H27FN4O4. The van der Waals surface area contributed by atoms with Gasteiger partial charge in [0, 0.05) is 29.9 Å². The third-order valence-electron chi connectivity index (χ3n) is 5.73. The van der Waals surface area contributed by atoms with Crippen LogP contribution in [-0.2, 0) is 4.79 Å². The van der Waals surface area contributed by atoms with E-state index < -0.39 is 17.6 Å². The first kappa shape index (κ1) is 26.2. The molecule has 194 valence electrons. The molecule has 0 unspecified atom stereocenters. The van der Waals surface area contributed by atoms with Crippen molar-refractivity contribution >= 4 is 17.8 Å². The second-order valence-electron chi connectivity index (χ2n) is 8.25. The molecule has 3 aromatic carbocycles. The minimum absolute atomic E-state index is 0.128. The molecule has 0 aliphatic heterocycles. The molecular weight excluding hydrogens is 487 g/mol. The van der Waals surface area contributed by atoms with Crippen molar-refractivity contribution in [3.63, 3.8) is 0 Å². The fourth-order valence-electron chi connectivity index (χ4n) is 3.88.